The van der Waals surface area contributed by atoms with Gasteiger partial charge in [0.05, 0.1) is 17.3 Å². The highest BCUT2D eigenvalue weighted by Gasteiger charge is 2.36. The van der Waals surface area contributed by atoms with Crippen LogP contribution in [0.5, 0.6) is 0 Å². The van der Waals surface area contributed by atoms with Gasteiger partial charge in [0.15, 0.2) is 5.78 Å². The van der Waals surface area contributed by atoms with Crippen LogP contribution < -0.4 is 5.32 Å². The van der Waals surface area contributed by atoms with Crippen molar-refractivity contribution in [3.63, 3.8) is 0 Å². The monoisotopic (exact) mass is 407 g/mol. The molecule has 2 heterocycles. The summed E-state index contributed by atoms with van der Waals surface area (Å²) >= 11 is 6.29. The summed E-state index contributed by atoms with van der Waals surface area (Å²) in [6.07, 6.45) is 0.112. The Morgan fingerprint density at radius 3 is 2.55 bits per heavy atom. The number of rotatable bonds is 3. The zero-order valence-electron chi connectivity index (χ0n) is 16.8. The average Bonchev–Trinajstić information content (AvgIpc) is 3.01. The summed E-state index contributed by atoms with van der Waals surface area (Å²) in [5.41, 5.74) is 5.77. The van der Waals surface area contributed by atoms with E-state index in [1.807, 2.05) is 64.1 Å². The van der Waals surface area contributed by atoms with Gasteiger partial charge >= 0.3 is 0 Å². The van der Waals surface area contributed by atoms with Crippen LogP contribution in [0.2, 0.25) is 5.02 Å². The fraction of sp³-hybridized carbons (Fsp3) is 0.261. The first-order valence-electron chi connectivity index (χ1n) is 9.53. The van der Waals surface area contributed by atoms with E-state index in [1.165, 1.54) is 0 Å². The van der Waals surface area contributed by atoms with Crippen LogP contribution in [0.4, 0.5) is 5.82 Å². The maximum Gasteiger partial charge on any atom is 0.226 e. The quantitative estimate of drug-likeness (QED) is 0.616. The number of aryl methyl sites for hydroxylation is 4. The SMILES string of the molecule is Cc1ccc(C)c(C(=O)[C@@H]2CC(=O)Nc3c2c(C)nn3-c2ccc(C)c(Cl)c2)c1. The standard InChI is InChI=1S/C23H22ClN3O2/c1-12-5-6-13(2)17(9-12)22(29)18-11-20(28)25-23-21(18)15(4)26-27(23)16-8-7-14(3)19(24)10-16/h5-10,18H,11H2,1-4H3,(H,25,28)/t18-/m1/s1. The molecule has 2 aromatic carbocycles. The summed E-state index contributed by atoms with van der Waals surface area (Å²) in [7, 11) is 0. The number of carbonyl (C=O) groups excluding carboxylic acids is 2. The van der Waals surface area contributed by atoms with Gasteiger partial charge in [0.2, 0.25) is 5.91 Å². The smallest absolute Gasteiger partial charge is 0.226 e. The van der Waals surface area contributed by atoms with E-state index in [1.54, 1.807) is 4.68 Å². The lowest BCUT2D eigenvalue weighted by molar-refractivity contribution is -0.116. The number of aromatic nitrogens is 2. The number of carbonyl (C=O) groups is 2. The number of Topliss-reactive ketones (excluding diaryl/α,β-unsaturated/α-hetero) is 1. The molecular weight excluding hydrogens is 386 g/mol. The Morgan fingerprint density at radius 1 is 1.10 bits per heavy atom. The van der Waals surface area contributed by atoms with Gasteiger partial charge in [-0.1, -0.05) is 35.4 Å². The van der Waals surface area contributed by atoms with Gasteiger partial charge < -0.3 is 5.32 Å². The fourth-order valence-electron chi connectivity index (χ4n) is 3.86. The van der Waals surface area contributed by atoms with E-state index in [0.717, 1.165) is 33.6 Å². The molecule has 5 nitrogen and oxygen atoms in total. The molecule has 4 rings (SSSR count). The van der Waals surface area contributed by atoms with Crippen molar-refractivity contribution >= 4 is 29.1 Å². The van der Waals surface area contributed by atoms with Crippen LogP contribution in [0.25, 0.3) is 5.69 Å². The highest BCUT2D eigenvalue weighted by molar-refractivity contribution is 6.31. The number of benzene rings is 2. The van der Waals surface area contributed by atoms with Gasteiger partial charge in [-0.25, -0.2) is 4.68 Å². The normalized spacial score (nSPS) is 15.8. The van der Waals surface area contributed by atoms with E-state index >= 15 is 0 Å². The lowest BCUT2D eigenvalue weighted by Gasteiger charge is -2.24. The minimum Gasteiger partial charge on any atom is -0.310 e. The molecule has 0 saturated carbocycles. The Bertz CT molecular complexity index is 1160. The van der Waals surface area contributed by atoms with E-state index in [4.69, 9.17) is 11.6 Å². The molecule has 0 radical (unpaired) electrons. The van der Waals surface area contributed by atoms with Gasteiger partial charge in [0, 0.05) is 22.6 Å². The lowest BCUT2D eigenvalue weighted by atomic mass is 9.84. The first kappa shape index (κ1) is 19.4. The van der Waals surface area contributed by atoms with Crippen LogP contribution in [0.15, 0.2) is 36.4 Å². The first-order chi connectivity index (χ1) is 13.8. The van der Waals surface area contributed by atoms with Crippen molar-refractivity contribution in [2.45, 2.75) is 40.0 Å². The van der Waals surface area contributed by atoms with Crippen molar-refractivity contribution in [2.24, 2.45) is 0 Å². The van der Waals surface area contributed by atoms with Crippen molar-refractivity contribution in [2.75, 3.05) is 5.32 Å². The van der Waals surface area contributed by atoms with Crippen LogP contribution in [0.3, 0.4) is 0 Å². The lowest BCUT2D eigenvalue weighted by Crippen LogP contribution is -2.28. The van der Waals surface area contributed by atoms with Crippen molar-refractivity contribution < 1.29 is 9.59 Å². The number of nitrogens with zero attached hydrogens (tertiary/aromatic N) is 2. The van der Waals surface area contributed by atoms with Gasteiger partial charge in [-0.05, 0) is 57.0 Å². The summed E-state index contributed by atoms with van der Waals surface area (Å²) in [6, 6.07) is 11.4. The summed E-state index contributed by atoms with van der Waals surface area (Å²) in [6.45, 7) is 7.67. The molecule has 1 aliphatic rings. The highest BCUT2D eigenvalue weighted by atomic mass is 35.5. The Kier molecular flexibility index (Phi) is 4.79. The second-order valence-electron chi connectivity index (χ2n) is 7.68. The predicted octanol–water partition coefficient (Wildman–Crippen LogP) is 5.07. The molecule has 1 amide bonds. The molecule has 29 heavy (non-hydrogen) atoms. The molecule has 1 atom stereocenters. The maximum atomic E-state index is 13.4. The second-order valence-corrected chi connectivity index (χ2v) is 8.09. The zero-order chi connectivity index (χ0) is 20.9. The van der Waals surface area contributed by atoms with Crippen LogP contribution >= 0.6 is 11.6 Å². The molecule has 0 bridgehead atoms. The van der Waals surface area contributed by atoms with E-state index in [9.17, 15) is 9.59 Å². The second kappa shape index (κ2) is 7.16. The van der Waals surface area contributed by atoms with Crippen LogP contribution in [-0.4, -0.2) is 21.5 Å². The van der Waals surface area contributed by atoms with Crippen molar-refractivity contribution in [1.82, 2.24) is 9.78 Å². The van der Waals surface area contributed by atoms with E-state index < -0.39 is 5.92 Å². The third-order valence-corrected chi connectivity index (χ3v) is 5.88. The van der Waals surface area contributed by atoms with Gasteiger partial charge in [-0.2, -0.15) is 5.10 Å². The zero-order valence-corrected chi connectivity index (χ0v) is 17.6. The van der Waals surface area contributed by atoms with E-state index in [2.05, 4.69) is 10.4 Å². The highest BCUT2D eigenvalue weighted by Crippen LogP contribution is 2.39. The number of ketones is 1. The van der Waals surface area contributed by atoms with Crippen LogP contribution in [0, 0.1) is 27.7 Å². The Labute approximate surface area is 174 Å². The van der Waals surface area contributed by atoms with Gasteiger partial charge in [0.25, 0.3) is 0 Å². The van der Waals surface area contributed by atoms with E-state index in [-0.39, 0.29) is 18.1 Å². The van der Waals surface area contributed by atoms with Gasteiger partial charge in [0.1, 0.15) is 5.82 Å². The first-order valence-corrected chi connectivity index (χ1v) is 9.91. The minimum absolute atomic E-state index is 0.0492. The van der Waals surface area contributed by atoms with Gasteiger partial charge in [-0.15, -0.1) is 0 Å². The molecule has 0 aliphatic carbocycles. The topological polar surface area (TPSA) is 64.0 Å². The number of anilines is 1. The summed E-state index contributed by atoms with van der Waals surface area (Å²) in [4.78, 5) is 25.9. The van der Waals surface area contributed by atoms with Crippen molar-refractivity contribution in [1.29, 1.82) is 0 Å². The number of hydrogen-bond acceptors (Lipinski definition) is 3. The van der Waals surface area contributed by atoms with Crippen molar-refractivity contribution in [3.8, 4) is 5.69 Å². The molecule has 148 valence electrons. The molecule has 1 aromatic heterocycles. The molecule has 0 saturated heterocycles. The molecule has 3 aromatic rings. The van der Waals surface area contributed by atoms with Gasteiger partial charge in [-0.3, -0.25) is 9.59 Å². The number of amides is 1. The number of halogens is 1. The Hall–Kier alpha value is -2.92. The molecular formula is C23H22ClN3O2. The van der Waals surface area contributed by atoms with Crippen molar-refractivity contribution in [3.05, 3.63) is 74.9 Å². The predicted molar refractivity (Wildman–Crippen MR) is 114 cm³/mol. The molecule has 0 unspecified atom stereocenters. The number of nitrogens with one attached hydrogen (secondary N) is 1. The fourth-order valence-corrected chi connectivity index (χ4v) is 4.04. The third kappa shape index (κ3) is 3.36. The summed E-state index contributed by atoms with van der Waals surface area (Å²) in [5.74, 6) is -0.261. The molecule has 0 fully saturated rings. The summed E-state index contributed by atoms with van der Waals surface area (Å²) in [5, 5.41) is 8.16. The Balaban J connectivity index is 1.85. The third-order valence-electron chi connectivity index (χ3n) is 5.48. The largest absolute Gasteiger partial charge is 0.310 e. The number of hydrogen-bond donors (Lipinski definition) is 1. The average molecular weight is 408 g/mol. The Morgan fingerprint density at radius 2 is 1.83 bits per heavy atom. The molecule has 1 N–H and O–H groups in total. The molecule has 1 aliphatic heterocycles. The van der Waals surface area contributed by atoms with Crippen LogP contribution in [0.1, 0.15) is 50.6 Å². The number of fused-ring (bicyclic) bond motifs is 1. The summed E-state index contributed by atoms with van der Waals surface area (Å²) < 4.78 is 1.66. The molecule has 0 spiro atoms. The molecule has 6 heteroatoms. The van der Waals surface area contributed by atoms with Crippen LogP contribution in [-0.2, 0) is 4.79 Å². The minimum atomic E-state index is -0.561. The van der Waals surface area contributed by atoms with E-state index in [0.29, 0.717) is 16.4 Å². The maximum absolute atomic E-state index is 13.4.